The molecule has 0 aliphatic heterocycles. The van der Waals surface area contributed by atoms with Gasteiger partial charge in [-0.25, -0.2) is 4.79 Å². The highest BCUT2D eigenvalue weighted by Gasteiger charge is 2.31. The van der Waals surface area contributed by atoms with Crippen molar-refractivity contribution in [3.05, 3.63) is 12.2 Å². The van der Waals surface area contributed by atoms with E-state index >= 15 is 0 Å². The van der Waals surface area contributed by atoms with E-state index in [4.69, 9.17) is 4.74 Å². The number of ether oxygens (including phenoxy) is 1. The van der Waals surface area contributed by atoms with Crippen molar-refractivity contribution in [1.82, 2.24) is 0 Å². The molecule has 2 rings (SSSR count). The summed E-state index contributed by atoms with van der Waals surface area (Å²) in [7, 11) is 0. The highest BCUT2D eigenvalue weighted by Crippen LogP contribution is 2.41. The number of carbonyl (C=O) groups excluding carboxylic acids is 1. The van der Waals surface area contributed by atoms with Crippen LogP contribution in [-0.2, 0) is 9.53 Å². The van der Waals surface area contributed by atoms with Crippen LogP contribution in [0.5, 0.6) is 0 Å². The van der Waals surface area contributed by atoms with Gasteiger partial charge in [-0.05, 0) is 63.2 Å². The zero-order valence-electron chi connectivity index (χ0n) is 13.1. The zero-order chi connectivity index (χ0) is 14.4. The SMILES string of the molecule is CC=CC(=O)OC1CCC(C2CCC(CC)CC2)CC1. The fraction of sp³-hybridized carbons (Fsp3) is 0.833. The van der Waals surface area contributed by atoms with Crippen molar-refractivity contribution in [1.29, 1.82) is 0 Å². The summed E-state index contributed by atoms with van der Waals surface area (Å²) in [6.07, 6.45) is 15.2. The summed E-state index contributed by atoms with van der Waals surface area (Å²) in [5.74, 6) is 2.67. The average Bonchev–Trinajstić information content (AvgIpc) is 2.48. The maximum atomic E-state index is 11.5. The zero-order valence-corrected chi connectivity index (χ0v) is 13.1. The summed E-state index contributed by atoms with van der Waals surface area (Å²) in [5, 5.41) is 0. The summed E-state index contributed by atoms with van der Waals surface area (Å²) in [4.78, 5) is 11.5. The molecule has 114 valence electrons. The van der Waals surface area contributed by atoms with Gasteiger partial charge in [0.05, 0.1) is 0 Å². The first-order chi connectivity index (χ1) is 9.72. The van der Waals surface area contributed by atoms with Gasteiger partial charge >= 0.3 is 5.97 Å². The summed E-state index contributed by atoms with van der Waals surface area (Å²) in [5.41, 5.74) is 0. The lowest BCUT2D eigenvalue weighted by Crippen LogP contribution is -2.29. The Bertz CT molecular complexity index is 318. The van der Waals surface area contributed by atoms with Crippen molar-refractivity contribution >= 4 is 5.97 Å². The van der Waals surface area contributed by atoms with E-state index in [1.54, 1.807) is 6.08 Å². The van der Waals surface area contributed by atoms with Crippen LogP contribution in [0, 0.1) is 17.8 Å². The lowest BCUT2D eigenvalue weighted by Gasteiger charge is -2.37. The van der Waals surface area contributed by atoms with E-state index in [0.717, 1.165) is 30.6 Å². The fourth-order valence-electron chi connectivity index (χ4n) is 4.09. The van der Waals surface area contributed by atoms with Gasteiger partial charge in [-0.1, -0.05) is 32.3 Å². The first-order valence-corrected chi connectivity index (χ1v) is 8.56. The van der Waals surface area contributed by atoms with Crippen LogP contribution >= 0.6 is 0 Å². The minimum absolute atomic E-state index is 0.167. The summed E-state index contributed by atoms with van der Waals surface area (Å²) < 4.78 is 5.48. The third-order valence-electron chi connectivity index (χ3n) is 5.44. The van der Waals surface area contributed by atoms with Gasteiger partial charge in [-0.2, -0.15) is 0 Å². The van der Waals surface area contributed by atoms with E-state index in [1.807, 2.05) is 6.92 Å². The number of allylic oxidation sites excluding steroid dienone is 1. The molecule has 0 spiro atoms. The second-order valence-corrected chi connectivity index (χ2v) is 6.66. The molecule has 2 saturated carbocycles. The monoisotopic (exact) mass is 278 g/mol. The second-order valence-electron chi connectivity index (χ2n) is 6.66. The van der Waals surface area contributed by atoms with E-state index < -0.39 is 0 Å². The van der Waals surface area contributed by atoms with Crippen LogP contribution in [0.25, 0.3) is 0 Å². The quantitative estimate of drug-likeness (QED) is 0.541. The molecule has 2 fully saturated rings. The van der Waals surface area contributed by atoms with Crippen molar-refractivity contribution in [2.45, 2.75) is 77.7 Å². The number of esters is 1. The Kier molecular flexibility index (Phi) is 6.12. The van der Waals surface area contributed by atoms with Crippen LogP contribution in [0.3, 0.4) is 0 Å². The third-order valence-corrected chi connectivity index (χ3v) is 5.44. The van der Waals surface area contributed by atoms with Gasteiger partial charge in [0.25, 0.3) is 0 Å². The largest absolute Gasteiger partial charge is 0.459 e. The Morgan fingerprint density at radius 2 is 1.55 bits per heavy atom. The Morgan fingerprint density at radius 3 is 2.05 bits per heavy atom. The molecule has 2 aliphatic carbocycles. The van der Waals surface area contributed by atoms with Crippen LogP contribution in [0.2, 0.25) is 0 Å². The summed E-state index contributed by atoms with van der Waals surface area (Å²) >= 11 is 0. The Balaban J connectivity index is 1.70. The van der Waals surface area contributed by atoms with E-state index in [1.165, 1.54) is 51.0 Å². The van der Waals surface area contributed by atoms with Gasteiger partial charge < -0.3 is 4.74 Å². The molecule has 0 amide bonds. The van der Waals surface area contributed by atoms with Crippen LogP contribution < -0.4 is 0 Å². The summed E-state index contributed by atoms with van der Waals surface area (Å²) in [6, 6.07) is 0. The van der Waals surface area contributed by atoms with Gasteiger partial charge in [0.2, 0.25) is 0 Å². The molecule has 0 aromatic rings. The van der Waals surface area contributed by atoms with Gasteiger partial charge in [0, 0.05) is 6.08 Å². The maximum absolute atomic E-state index is 11.5. The normalized spacial score (nSPS) is 35.1. The smallest absolute Gasteiger partial charge is 0.330 e. The molecule has 0 heterocycles. The lowest BCUT2D eigenvalue weighted by atomic mass is 9.70. The van der Waals surface area contributed by atoms with Crippen LogP contribution in [-0.4, -0.2) is 12.1 Å². The molecule has 0 bridgehead atoms. The molecule has 0 atom stereocenters. The van der Waals surface area contributed by atoms with Crippen molar-refractivity contribution in [2.24, 2.45) is 17.8 Å². The maximum Gasteiger partial charge on any atom is 0.330 e. The molecule has 0 N–H and O–H groups in total. The first-order valence-electron chi connectivity index (χ1n) is 8.56. The molecule has 20 heavy (non-hydrogen) atoms. The van der Waals surface area contributed by atoms with Gasteiger partial charge in [0.1, 0.15) is 6.10 Å². The lowest BCUT2D eigenvalue weighted by molar-refractivity contribution is -0.145. The van der Waals surface area contributed by atoms with Crippen molar-refractivity contribution in [3.63, 3.8) is 0 Å². The Morgan fingerprint density at radius 1 is 1.00 bits per heavy atom. The van der Waals surface area contributed by atoms with Crippen LogP contribution in [0.4, 0.5) is 0 Å². The molecule has 0 radical (unpaired) electrons. The van der Waals surface area contributed by atoms with E-state index in [2.05, 4.69) is 6.92 Å². The van der Waals surface area contributed by atoms with E-state index in [-0.39, 0.29) is 12.1 Å². The summed E-state index contributed by atoms with van der Waals surface area (Å²) in [6.45, 7) is 4.18. The Hall–Kier alpha value is -0.790. The minimum Gasteiger partial charge on any atom is -0.459 e. The molecule has 0 aromatic heterocycles. The third kappa shape index (κ3) is 4.36. The molecule has 0 saturated heterocycles. The molecule has 2 nitrogen and oxygen atoms in total. The molecular formula is C18H30O2. The van der Waals surface area contributed by atoms with E-state index in [9.17, 15) is 4.79 Å². The van der Waals surface area contributed by atoms with Crippen LogP contribution in [0.15, 0.2) is 12.2 Å². The van der Waals surface area contributed by atoms with Gasteiger partial charge in [-0.15, -0.1) is 0 Å². The highest BCUT2D eigenvalue weighted by molar-refractivity contribution is 5.81. The van der Waals surface area contributed by atoms with Crippen molar-refractivity contribution in [2.75, 3.05) is 0 Å². The second kappa shape index (κ2) is 7.85. The van der Waals surface area contributed by atoms with Crippen molar-refractivity contribution in [3.8, 4) is 0 Å². The number of hydrogen-bond donors (Lipinski definition) is 0. The minimum atomic E-state index is -0.167. The molecular weight excluding hydrogens is 248 g/mol. The average molecular weight is 278 g/mol. The predicted octanol–water partition coefficient (Wildman–Crippen LogP) is 4.88. The van der Waals surface area contributed by atoms with Crippen molar-refractivity contribution < 1.29 is 9.53 Å². The predicted molar refractivity (Wildman–Crippen MR) is 82.4 cm³/mol. The molecule has 2 heteroatoms. The van der Waals surface area contributed by atoms with E-state index in [0.29, 0.717) is 0 Å². The van der Waals surface area contributed by atoms with Crippen LogP contribution in [0.1, 0.15) is 71.6 Å². The van der Waals surface area contributed by atoms with Gasteiger partial charge in [0.15, 0.2) is 0 Å². The standard InChI is InChI=1S/C18H30O2/c1-3-5-18(19)20-17-12-10-16(11-13-17)15-8-6-14(4-2)7-9-15/h3,5,14-17H,4,6-13H2,1-2H3. The molecule has 2 aliphatic rings. The number of hydrogen-bond acceptors (Lipinski definition) is 2. The number of rotatable bonds is 4. The first kappa shape index (κ1) is 15.6. The molecule has 0 unspecified atom stereocenters. The topological polar surface area (TPSA) is 26.3 Å². The molecule has 0 aromatic carbocycles. The Labute approximate surface area is 124 Å². The number of carbonyl (C=O) groups is 1. The highest BCUT2D eigenvalue weighted by atomic mass is 16.5. The van der Waals surface area contributed by atoms with Gasteiger partial charge in [-0.3, -0.25) is 0 Å². The fourth-order valence-corrected chi connectivity index (χ4v) is 4.09.